The van der Waals surface area contributed by atoms with Crippen LogP contribution in [0.15, 0.2) is 34.8 Å². The molecule has 2 rings (SSSR count). The molecular weight excluding hydrogens is 433 g/mol. The van der Waals surface area contributed by atoms with E-state index in [2.05, 4.69) is 88.0 Å². The van der Waals surface area contributed by atoms with Crippen LogP contribution < -0.4 is 5.32 Å². The molecular formula is C15H17BrINS. The Hall–Kier alpha value is 0.0900. The van der Waals surface area contributed by atoms with Crippen molar-refractivity contribution in [3.05, 3.63) is 53.7 Å². The lowest BCUT2D eigenvalue weighted by Gasteiger charge is -2.19. The van der Waals surface area contributed by atoms with Gasteiger partial charge in [-0.05, 0) is 71.5 Å². The summed E-state index contributed by atoms with van der Waals surface area (Å²) in [4.78, 5) is 2.83. The van der Waals surface area contributed by atoms with Gasteiger partial charge in [-0.2, -0.15) is 0 Å². The molecule has 1 atom stereocenters. The van der Waals surface area contributed by atoms with Crippen molar-refractivity contribution < 1.29 is 0 Å². The fourth-order valence-electron chi connectivity index (χ4n) is 2.04. The number of halogens is 2. The van der Waals surface area contributed by atoms with E-state index in [1.165, 1.54) is 23.4 Å². The number of hydrogen-bond donors (Lipinski definition) is 1. The largest absolute Gasteiger partial charge is 0.306 e. The van der Waals surface area contributed by atoms with Crippen molar-refractivity contribution in [1.82, 2.24) is 5.32 Å². The van der Waals surface area contributed by atoms with Crippen LogP contribution in [0.4, 0.5) is 0 Å². The number of aryl methyl sites for hydroxylation is 1. The SMILES string of the molecule is CCNC(c1ccc(CC)s1)c1cc(I)ccc1Br. The minimum absolute atomic E-state index is 0.277. The van der Waals surface area contributed by atoms with E-state index in [-0.39, 0.29) is 6.04 Å². The van der Waals surface area contributed by atoms with E-state index >= 15 is 0 Å². The Morgan fingerprint density at radius 1 is 1.26 bits per heavy atom. The maximum Gasteiger partial charge on any atom is 0.0682 e. The summed E-state index contributed by atoms with van der Waals surface area (Å²) in [5.74, 6) is 0. The first kappa shape index (κ1) is 15.5. The molecule has 1 aromatic heterocycles. The fourth-order valence-corrected chi connectivity index (χ4v) is 4.08. The molecule has 0 aliphatic carbocycles. The summed E-state index contributed by atoms with van der Waals surface area (Å²) in [6, 6.07) is 11.3. The standard InChI is InChI=1S/C15H17BrINS/c1-3-11-6-8-14(19-11)15(18-4-2)12-9-10(17)5-7-13(12)16/h5-9,15,18H,3-4H2,1-2H3. The molecule has 0 fully saturated rings. The summed E-state index contributed by atoms with van der Waals surface area (Å²) in [5, 5.41) is 3.60. The first-order valence-corrected chi connectivity index (χ1v) is 9.11. The smallest absolute Gasteiger partial charge is 0.0682 e. The maximum absolute atomic E-state index is 3.68. The highest BCUT2D eigenvalue weighted by Gasteiger charge is 2.18. The third kappa shape index (κ3) is 3.80. The Morgan fingerprint density at radius 2 is 2.05 bits per heavy atom. The molecule has 2 aromatic rings. The van der Waals surface area contributed by atoms with Gasteiger partial charge in [-0.15, -0.1) is 11.3 Å². The summed E-state index contributed by atoms with van der Waals surface area (Å²) in [6.45, 7) is 5.32. The average molecular weight is 450 g/mol. The zero-order valence-corrected chi connectivity index (χ0v) is 15.6. The van der Waals surface area contributed by atoms with Gasteiger partial charge in [0.05, 0.1) is 6.04 Å². The molecule has 1 heterocycles. The molecule has 1 unspecified atom stereocenters. The van der Waals surface area contributed by atoms with Gasteiger partial charge >= 0.3 is 0 Å². The van der Waals surface area contributed by atoms with Crippen LogP contribution in [0.5, 0.6) is 0 Å². The first-order chi connectivity index (χ1) is 9.15. The molecule has 1 N–H and O–H groups in total. The van der Waals surface area contributed by atoms with E-state index < -0.39 is 0 Å². The molecule has 0 amide bonds. The van der Waals surface area contributed by atoms with Gasteiger partial charge in [0, 0.05) is 17.8 Å². The second-order valence-electron chi connectivity index (χ2n) is 4.31. The van der Waals surface area contributed by atoms with Gasteiger partial charge in [0.2, 0.25) is 0 Å². The predicted molar refractivity (Wildman–Crippen MR) is 96.1 cm³/mol. The highest BCUT2D eigenvalue weighted by molar-refractivity contribution is 14.1. The summed E-state index contributed by atoms with van der Waals surface area (Å²) in [6.07, 6.45) is 1.11. The lowest BCUT2D eigenvalue weighted by atomic mass is 10.1. The van der Waals surface area contributed by atoms with Crippen molar-refractivity contribution in [3.63, 3.8) is 0 Å². The van der Waals surface area contributed by atoms with E-state index in [1.54, 1.807) is 0 Å². The maximum atomic E-state index is 3.68. The lowest BCUT2D eigenvalue weighted by molar-refractivity contribution is 0.637. The van der Waals surface area contributed by atoms with Gasteiger partial charge in [0.15, 0.2) is 0 Å². The molecule has 0 aliphatic heterocycles. The molecule has 102 valence electrons. The van der Waals surface area contributed by atoms with Gasteiger partial charge < -0.3 is 5.32 Å². The Labute approximate surface area is 141 Å². The summed E-state index contributed by atoms with van der Waals surface area (Å²) in [5.41, 5.74) is 1.32. The summed E-state index contributed by atoms with van der Waals surface area (Å²) < 4.78 is 2.44. The molecule has 0 aliphatic rings. The predicted octanol–water partition coefficient (Wildman–Crippen LogP) is 5.38. The lowest BCUT2D eigenvalue weighted by Crippen LogP contribution is -2.21. The van der Waals surface area contributed by atoms with E-state index in [9.17, 15) is 0 Å². The number of hydrogen-bond acceptors (Lipinski definition) is 2. The first-order valence-electron chi connectivity index (χ1n) is 6.42. The van der Waals surface area contributed by atoms with Gasteiger partial charge in [0.1, 0.15) is 0 Å². The van der Waals surface area contributed by atoms with Crippen molar-refractivity contribution >= 4 is 49.9 Å². The molecule has 0 radical (unpaired) electrons. The summed E-state index contributed by atoms with van der Waals surface area (Å²) >= 11 is 7.96. The third-order valence-electron chi connectivity index (χ3n) is 2.99. The van der Waals surface area contributed by atoms with E-state index in [1.807, 2.05) is 11.3 Å². The number of rotatable bonds is 5. The van der Waals surface area contributed by atoms with Crippen LogP contribution in [0.25, 0.3) is 0 Å². The van der Waals surface area contributed by atoms with E-state index in [4.69, 9.17) is 0 Å². The van der Waals surface area contributed by atoms with Gasteiger partial charge in [-0.1, -0.05) is 29.8 Å². The molecule has 4 heteroatoms. The van der Waals surface area contributed by atoms with Crippen molar-refractivity contribution in [1.29, 1.82) is 0 Å². The zero-order chi connectivity index (χ0) is 13.8. The van der Waals surface area contributed by atoms with Crippen molar-refractivity contribution in [2.24, 2.45) is 0 Å². The molecule has 1 aromatic carbocycles. The van der Waals surface area contributed by atoms with Crippen LogP contribution in [-0.2, 0) is 6.42 Å². The molecule has 0 saturated heterocycles. The second kappa shape index (κ2) is 7.20. The Kier molecular flexibility index (Phi) is 5.87. The molecule has 0 spiro atoms. The van der Waals surface area contributed by atoms with Crippen LogP contribution in [0.3, 0.4) is 0 Å². The van der Waals surface area contributed by atoms with Crippen LogP contribution >= 0.6 is 49.9 Å². The molecule has 1 nitrogen and oxygen atoms in total. The van der Waals surface area contributed by atoms with Crippen molar-refractivity contribution in [2.45, 2.75) is 26.3 Å². The third-order valence-corrected chi connectivity index (χ3v) is 5.68. The second-order valence-corrected chi connectivity index (χ2v) is 7.61. The summed E-state index contributed by atoms with van der Waals surface area (Å²) in [7, 11) is 0. The fraction of sp³-hybridized carbons (Fsp3) is 0.333. The van der Waals surface area contributed by atoms with Crippen molar-refractivity contribution in [3.8, 4) is 0 Å². The Bertz CT molecular complexity index is 553. The number of thiophene rings is 1. The van der Waals surface area contributed by atoms with Crippen LogP contribution in [0.1, 0.15) is 35.2 Å². The Balaban J connectivity index is 2.41. The number of nitrogens with one attached hydrogen (secondary N) is 1. The van der Waals surface area contributed by atoms with E-state index in [0.717, 1.165) is 13.0 Å². The van der Waals surface area contributed by atoms with Gasteiger partial charge in [0.25, 0.3) is 0 Å². The normalized spacial score (nSPS) is 12.6. The van der Waals surface area contributed by atoms with E-state index in [0.29, 0.717) is 0 Å². The topological polar surface area (TPSA) is 12.0 Å². The highest BCUT2D eigenvalue weighted by atomic mass is 127. The van der Waals surface area contributed by atoms with Crippen LogP contribution in [0.2, 0.25) is 0 Å². The van der Waals surface area contributed by atoms with Gasteiger partial charge in [-0.25, -0.2) is 0 Å². The molecule has 19 heavy (non-hydrogen) atoms. The minimum Gasteiger partial charge on any atom is -0.306 e. The number of benzene rings is 1. The average Bonchev–Trinajstić information content (AvgIpc) is 2.88. The van der Waals surface area contributed by atoms with Crippen molar-refractivity contribution in [2.75, 3.05) is 6.54 Å². The highest BCUT2D eigenvalue weighted by Crippen LogP contribution is 2.33. The zero-order valence-electron chi connectivity index (χ0n) is 11.0. The van der Waals surface area contributed by atoms with Crippen LogP contribution in [0, 0.1) is 3.57 Å². The Morgan fingerprint density at radius 3 is 2.68 bits per heavy atom. The quantitative estimate of drug-likeness (QED) is 0.604. The van der Waals surface area contributed by atoms with Gasteiger partial charge in [-0.3, -0.25) is 0 Å². The monoisotopic (exact) mass is 449 g/mol. The van der Waals surface area contributed by atoms with Crippen LogP contribution in [-0.4, -0.2) is 6.54 Å². The molecule has 0 saturated carbocycles. The molecule has 0 bridgehead atoms. The minimum atomic E-state index is 0.277.